The Morgan fingerprint density at radius 1 is 1.31 bits per heavy atom. The van der Waals surface area contributed by atoms with Gasteiger partial charge in [0.1, 0.15) is 5.56 Å². The molecular formula is C19H21N3O4. The van der Waals surface area contributed by atoms with Gasteiger partial charge in [0.25, 0.3) is 0 Å². The van der Waals surface area contributed by atoms with Gasteiger partial charge in [-0.05, 0) is 30.2 Å². The fourth-order valence-electron chi connectivity index (χ4n) is 3.23. The number of anilines is 1. The molecule has 0 bridgehead atoms. The zero-order valence-corrected chi connectivity index (χ0v) is 14.5. The highest BCUT2D eigenvalue weighted by Gasteiger charge is 2.26. The van der Waals surface area contributed by atoms with Gasteiger partial charge in [0.15, 0.2) is 0 Å². The largest absolute Gasteiger partial charge is 0.478 e. The lowest BCUT2D eigenvalue weighted by Crippen LogP contribution is -2.52. The first-order chi connectivity index (χ1) is 12.6. The molecule has 0 saturated carbocycles. The molecule has 0 amide bonds. The highest BCUT2D eigenvalue weighted by Crippen LogP contribution is 2.24. The maximum atomic E-state index is 11.6. The van der Waals surface area contributed by atoms with Crippen molar-refractivity contribution in [3.05, 3.63) is 59.4 Å². The molecule has 3 rings (SSSR count). The number of benzene rings is 1. The Balaban J connectivity index is 1.82. The van der Waals surface area contributed by atoms with Gasteiger partial charge in [-0.3, -0.25) is 4.98 Å². The van der Waals surface area contributed by atoms with Gasteiger partial charge in [-0.2, -0.15) is 0 Å². The number of rotatable bonds is 5. The Morgan fingerprint density at radius 2 is 2.08 bits per heavy atom. The molecule has 0 radical (unpaired) electrons. The number of piperazine rings is 1. The van der Waals surface area contributed by atoms with Gasteiger partial charge < -0.3 is 20.1 Å². The summed E-state index contributed by atoms with van der Waals surface area (Å²) in [7, 11) is 1.36. The standard InChI is InChI=1S/C19H21N3O4/c1-26-19(25)14-4-2-13(3-5-14)10-15-11-21-8-9-22(15)17-6-7-20-12-16(17)18(23)24/h2-7,12,15,21H,8-11H2,1H3,(H,23,24). The quantitative estimate of drug-likeness (QED) is 0.787. The molecular weight excluding hydrogens is 334 g/mol. The SMILES string of the molecule is COC(=O)c1ccc(CC2CNCCN2c2ccncc2C(=O)O)cc1. The van der Waals surface area contributed by atoms with Crippen LogP contribution >= 0.6 is 0 Å². The molecule has 7 nitrogen and oxygen atoms in total. The number of aromatic carboxylic acids is 1. The van der Waals surface area contributed by atoms with Gasteiger partial charge >= 0.3 is 11.9 Å². The summed E-state index contributed by atoms with van der Waals surface area (Å²) in [4.78, 5) is 29.1. The predicted molar refractivity (Wildman–Crippen MR) is 96.7 cm³/mol. The fourth-order valence-corrected chi connectivity index (χ4v) is 3.23. The highest BCUT2D eigenvalue weighted by molar-refractivity contribution is 5.94. The van der Waals surface area contributed by atoms with Crippen LogP contribution in [0.4, 0.5) is 5.69 Å². The van der Waals surface area contributed by atoms with Gasteiger partial charge in [0.2, 0.25) is 0 Å². The second kappa shape index (κ2) is 7.97. The van der Waals surface area contributed by atoms with Crippen LogP contribution in [0.1, 0.15) is 26.3 Å². The first-order valence-corrected chi connectivity index (χ1v) is 8.42. The van der Waals surface area contributed by atoms with Crippen molar-refractivity contribution < 1.29 is 19.4 Å². The number of nitrogens with zero attached hydrogens (tertiary/aromatic N) is 2. The van der Waals surface area contributed by atoms with Crippen LogP contribution in [-0.4, -0.2) is 54.8 Å². The van der Waals surface area contributed by atoms with Crippen LogP contribution in [0.3, 0.4) is 0 Å². The first kappa shape index (κ1) is 17.9. The summed E-state index contributed by atoms with van der Waals surface area (Å²) in [6.07, 6.45) is 3.74. The Kier molecular flexibility index (Phi) is 5.48. The molecule has 1 aliphatic rings. The molecule has 2 aromatic rings. The summed E-state index contributed by atoms with van der Waals surface area (Å²) >= 11 is 0. The second-order valence-corrected chi connectivity index (χ2v) is 6.14. The van der Waals surface area contributed by atoms with E-state index in [9.17, 15) is 14.7 Å². The normalized spacial score (nSPS) is 17.0. The molecule has 2 N–H and O–H groups in total. The average molecular weight is 355 g/mol. The summed E-state index contributed by atoms with van der Waals surface area (Å²) in [5, 5.41) is 12.8. The Bertz CT molecular complexity index is 792. The van der Waals surface area contributed by atoms with Crippen LogP contribution in [-0.2, 0) is 11.2 Å². The lowest BCUT2D eigenvalue weighted by atomic mass is 10.0. The molecule has 0 spiro atoms. The minimum absolute atomic E-state index is 0.105. The number of esters is 1. The van der Waals surface area contributed by atoms with Gasteiger partial charge in [0.05, 0.1) is 18.4 Å². The Hall–Kier alpha value is -2.93. The van der Waals surface area contributed by atoms with Crippen LogP contribution in [0.2, 0.25) is 0 Å². The number of hydrogen-bond donors (Lipinski definition) is 2. The second-order valence-electron chi connectivity index (χ2n) is 6.14. The summed E-state index contributed by atoms with van der Waals surface area (Å²) in [6, 6.07) is 9.16. The van der Waals surface area contributed by atoms with Crippen molar-refractivity contribution in [1.29, 1.82) is 0 Å². The van der Waals surface area contributed by atoms with Crippen molar-refractivity contribution in [3.63, 3.8) is 0 Å². The number of pyridine rings is 1. The molecule has 1 aromatic carbocycles. The van der Waals surface area contributed by atoms with Crippen LogP contribution in [0, 0.1) is 0 Å². The van der Waals surface area contributed by atoms with Crippen molar-refractivity contribution in [3.8, 4) is 0 Å². The third-order valence-corrected chi connectivity index (χ3v) is 4.53. The third kappa shape index (κ3) is 3.83. The van der Waals surface area contributed by atoms with Crippen LogP contribution in [0.25, 0.3) is 0 Å². The molecule has 136 valence electrons. The van der Waals surface area contributed by atoms with E-state index in [-0.39, 0.29) is 17.6 Å². The fraction of sp³-hybridized carbons (Fsp3) is 0.316. The molecule has 1 atom stereocenters. The summed E-state index contributed by atoms with van der Waals surface area (Å²) in [5.41, 5.74) is 2.48. The van der Waals surface area contributed by atoms with E-state index in [4.69, 9.17) is 4.74 Å². The van der Waals surface area contributed by atoms with E-state index in [1.807, 2.05) is 12.1 Å². The summed E-state index contributed by atoms with van der Waals surface area (Å²) in [6.45, 7) is 2.26. The molecule has 1 unspecified atom stereocenters. The number of carbonyl (C=O) groups excluding carboxylic acids is 1. The molecule has 2 heterocycles. The van der Waals surface area contributed by atoms with Crippen LogP contribution < -0.4 is 10.2 Å². The zero-order chi connectivity index (χ0) is 18.5. The molecule has 1 aliphatic heterocycles. The Morgan fingerprint density at radius 3 is 2.77 bits per heavy atom. The van der Waals surface area contributed by atoms with Crippen molar-refractivity contribution in [1.82, 2.24) is 10.3 Å². The van der Waals surface area contributed by atoms with E-state index < -0.39 is 5.97 Å². The number of aromatic nitrogens is 1. The maximum Gasteiger partial charge on any atom is 0.339 e. The Labute approximate surface area is 151 Å². The van der Waals surface area contributed by atoms with Gasteiger partial charge in [0, 0.05) is 38.1 Å². The van der Waals surface area contributed by atoms with Gasteiger partial charge in [-0.1, -0.05) is 12.1 Å². The number of carboxylic acid groups (broad SMARTS) is 1. The number of carboxylic acids is 1. The average Bonchev–Trinajstić information content (AvgIpc) is 2.68. The number of ether oxygens (including phenoxy) is 1. The van der Waals surface area contributed by atoms with Gasteiger partial charge in [-0.15, -0.1) is 0 Å². The molecule has 26 heavy (non-hydrogen) atoms. The molecule has 0 aliphatic carbocycles. The minimum Gasteiger partial charge on any atom is -0.478 e. The number of carbonyl (C=O) groups is 2. The van der Waals surface area contributed by atoms with E-state index in [1.165, 1.54) is 13.3 Å². The van der Waals surface area contributed by atoms with E-state index >= 15 is 0 Å². The molecule has 1 fully saturated rings. The summed E-state index contributed by atoms with van der Waals surface area (Å²) < 4.78 is 4.72. The number of methoxy groups -OCH3 is 1. The highest BCUT2D eigenvalue weighted by atomic mass is 16.5. The topological polar surface area (TPSA) is 91.8 Å². The van der Waals surface area contributed by atoms with E-state index in [0.717, 1.165) is 31.6 Å². The van der Waals surface area contributed by atoms with Crippen LogP contribution in [0.5, 0.6) is 0 Å². The lowest BCUT2D eigenvalue weighted by Gasteiger charge is -2.38. The van der Waals surface area contributed by atoms with Crippen LogP contribution in [0.15, 0.2) is 42.7 Å². The van der Waals surface area contributed by atoms with Crippen molar-refractivity contribution in [2.45, 2.75) is 12.5 Å². The van der Waals surface area contributed by atoms with Crippen molar-refractivity contribution >= 4 is 17.6 Å². The number of nitrogens with one attached hydrogen (secondary N) is 1. The summed E-state index contributed by atoms with van der Waals surface area (Å²) in [5.74, 6) is -1.34. The molecule has 1 aromatic heterocycles. The number of hydrogen-bond acceptors (Lipinski definition) is 6. The third-order valence-electron chi connectivity index (χ3n) is 4.53. The smallest absolute Gasteiger partial charge is 0.339 e. The minimum atomic E-state index is -0.979. The van der Waals surface area contributed by atoms with E-state index in [2.05, 4.69) is 15.2 Å². The van der Waals surface area contributed by atoms with E-state index in [1.54, 1.807) is 24.4 Å². The predicted octanol–water partition coefficient (Wildman–Crippen LogP) is 1.59. The zero-order valence-electron chi connectivity index (χ0n) is 14.5. The monoisotopic (exact) mass is 355 g/mol. The first-order valence-electron chi connectivity index (χ1n) is 8.42. The molecule has 1 saturated heterocycles. The molecule has 7 heteroatoms. The lowest BCUT2D eigenvalue weighted by molar-refractivity contribution is 0.0599. The van der Waals surface area contributed by atoms with Gasteiger partial charge in [-0.25, -0.2) is 9.59 Å². The van der Waals surface area contributed by atoms with Crippen molar-refractivity contribution in [2.75, 3.05) is 31.6 Å². The van der Waals surface area contributed by atoms with E-state index in [0.29, 0.717) is 11.3 Å². The van der Waals surface area contributed by atoms with Crippen molar-refractivity contribution in [2.24, 2.45) is 0 Å². The maximum absolute atomic E-state index is 11.6.